The molecule has 0 aliphatic carbocycles. The number of nitrogens with one attached hydrogen (secondary N) is 1. The Kier molecular flexibility index (Phi) is 6.15. The zero-order chi connectivity index (χ0) is 21.0. The van der Waals surface area contributed by atoms with Gasteiger partial charge in [0.2, 0.25) is 0 Å². The van der Waals surface area contributed by atoms with Gasteiger partial charge in [0.05, 0.1) is 21.3 Å². The number of nitro benzene ring substituents is 1. The van der Waals surface area contributed by atoms with Gasteiger partial charge in [0.15, 0.2) is 11.8 Å². The summed E-state index contributed by atoms with van der Waals surface area (Å²) < 4.78 is 5.13. The maximum Gasteiger partial charge on any atom is 0.358 e. The van der Waals surface area contributed by atoms with E-state index in [1.807, 2.05) is 0 Å². The highest BCUT2D eigenvalue weighted by molar-refractivity contribution is 7.13. The van der Waals surface area contributed by atoms with Crippen LogP contribution in [0, 0.1) is 10.1 Å². The van der Waals surface area contributed by atoms with E-state index in [-0.39, 0.29) is 22.1 Å². The van der Waals surface area contributed by atoms with Crippen molar-refractivity contribution < 1.29 is 19.2 Å². The summed E-state index contributed by atoms with van der Waals surface area (Å²) in [4.78, 5) is 43.1. The molecule has 2 heterocycles. The fraction of sp³-hybridized carbons (Fsp3) is 0.111. The molecule has 1 amide bonds. The molecule has 29 heavy (non-hydrogen) atoms. The van der Waals surface area contributed by atoms with Crippen LogP contribution in [-0.4, -0.2) is 32.9 Å². The topological polar surface area (TPSA) is 124 Å². The second-order valence-electron chi connectivity index (χ2n) is 5.71. The summed E-state index contributed by atoms with van der Waals surface area (Å²) in [6.07, 6.45) is 0.429. The Balaban J connectivity index is 1.66. The van der Waals surface area contributed by atoms with E-state index in [4.69, 9.17) is 16.3 Å². The molecule has 0 saturated heterocycles. The summed E-state index contributed by atoms with van der Waals surface area (Å²) in [6.45, 7) is 1.37. The minimum absolute atomic E-state index is 0.0415. The molecular formula is C18H13ClN4O5S. The Morgan fingerprint density at radius 1 is 1.31 bits per heavy atom. The lowest BCUT2D eigenvalue weighted by atomic mass is 10.2. The van der Waals surface area contributed by atoms with Crippen molar-refractivity contribution in [2.24, 2.45) is 0 Å². The van der Waals surface area contributed by atoms with Gasteiger partial charge in [-0.1, -0.05) is 17.7 Å². The summed E-state index contributed by atoms with van der Waals surface area (Å²) in [6, 6.07) is 8.94. The quantitative estimate of drug-likeness (QED) is 0.355. The number of hydrogen-bond donors (Lipinski definition) is 1. The highest BCUT2D eigenvalue weighted by atomic mass is 35.5. The number of pyridine rings is 1. The molecule has 3 rings (SSSR count). The Labute approximate surface area is 173 Å². The SMILES string of the molecule is CC(OC(=O)c1csc(-c2ccccn2)n1)C(=O)Nc1cc([N+](=O)[O-])ccc1Cl. The van der Waals surface area contributed by atoms with Crippen molar-refractivity contribution in [3.05, 3.63) is 68.8 Å². The van der Waals surface area contributed by atoms with E-state index in [1.165, 1.54) is 35.8 Å². The maximum absolute atomic E-state index is 12.3. The van der Waals surface area contributed by atoms with E-state index in [0.717, 1.165) is 6.07 Å². The van der Waals surface area contributed by atoms with Crippen LogP contribution in [0.15, 0.2) is 48.0 Å². The minimum atomic E-state index is -1.18. The van der Waals surface area contributed by atoms with Crippen LogP contribution in [-0.2, 0) is 9.53 Å². The molecular weight excluding hydrogens is 420 g/mol. The Morgan fingerprint density at radius 2 is 2.10 bits per heavy atom. The number of amides is 1. The Bertz CT molecular complexity index is 1070. The number of non-ortho nitro benzene ring substituents is 1. The smallest absolute Gasteiger partial charge is 0.358 e. The first-order valence-electron chi connectivity index (χ1n) is 8.18. The van der Waals surface area contributed by atoms with Crippen LogP contribution in [0.4, 0.5) is 11.4 Å². The van der Waals surface area contributed by atoms with Gasteiger partial charge in [-0.3, -0.25) is 19.9 Å². The largest absolute Gasteiger partial charge is 0.448 e. The standard InChI is InChI=1S/C18H13ClN4O5S/c1-10(16(24)21-14-8-11(23(26)27)5-6-12(14)19)28-18(25)15-9-29-17(22-15)13-4-2-3-7-20-13/h2-10H,1H3,(H,21,24). The second-order valence-corrected chi connectivity index (χ2v) is 6.98. The van der Waals surface area contributed by atoms with E-state index in [2.05, 4.69) is 15.3 Å². The zero-order valence-electron chi connectivity index (χ0n) is 14.9. The van der Waals surface area contributed by atoms with Crippen molar-refractivity contribution in [2.75, 3.05) is 5.32 Å². The number of thiazole rings is 1. The van der Waals surface area contributed by atoms with Gasteiger partial charge in [0.25, 0.3) is 11.6 Å². The van der Waals surface area contributed by atoms with E-state index in [9.17, 15) is 19.7 Å². The molecule has 0 spiro atoms. The lowest BCUT2D eigenvalue weighted by molar-refractivity contribution is -0.384. The molecule has 148 valence electrons. The number of halogens is 1. The molecule has 0 saturated carbocycles. The van der Waals surface area contributed by atoms with E-state index >= 15 is 0 Å². The average Bonchev–Trinajstić information content (AvgIpc) is 3.20. The van der Waals surface area contributed by atoms with Crippen molar-refractivity contribution in [3.8, 4) is 10.7 Å². The van der Waals surface area contributed by atoms with Crippen molar-refractivity contribution in [2.45, 2.75) is 13.0 Å². The number of ether oxygens (including phenoxy) is 1. The van der Waals surface area contributed by atoms with Crippen LogP contribution in [0.5, 0.6) is 0 Å². The average molecular weight is 433 g/mol. The predicted octanol–water partition coefficient (Wildman–Crippen LogP) is 3.95. The number of nitro groups is 1. The van der Waals surface area contributed by atoms with Gasteiger partial charge < -0.3 is 10.1 Å². The molecule has 0 radical (unpaired) electrons. The molecule has 0 aliphatic rings. The zero-order valence-corrected chi connectivity index (χ0v) is 16.4. The summed E-state index contributed by atoms with van der Waals surface area (Å²) >= 11 is 7.17. The second kappa shape index (κ2) is 8.76. The number of nitrogens with zero attached hydrogens (tertiary/aromatic N) is 3. The molecule has 2 aromatic heterocycles. The van der Waals surface area contributed by atoms with Gasteiger partial charge in [0.1, 0.15) is 5.01 Å². The van der Waals surface area contributed by atoms with Crippen LogP contribution in [0.25, 0.3) is 10.7 Å². The molecule has 11 heteroatoms. The molecule has 3 aromatic rings. The van der Waals surface area contributed by atoms with Gasteiger partial charge in [0, 0.05) is 23.7 Å². The predicted molar refractivity (Wildman–Crippen MR) is 107 cm³/mol. The van der Waals surface area contributed by atoms with E-state index in [0.29, 0.717) is 10.7 Å². The Morgan fingerprint density at radius 3 is 2.79 bits per heavy atom. The number of esters is 1. The first-order valence-corrected chi connectivity index (χ1v) is 9.43. The molecule has 0 fully saturated rings. The minimum Gasteiger partial charge on any atom is -0.448 e. The van der Waals surface area contributed by atoms with Crippen molar-refractivity contribution in [1.82, 2.24) is 9.97 Å². The van der Waals surface area contributed by atoms with Crippen LogP contribution in [0.3, 0.4) is 0 Å². The lowest BCUT2D eigenvalue weighted by Gasteiger charge is -2.13. The fourth-order valence-electron chi connectivity index (χ4n) is 2.21. The van der Waals surface area contributed by atoms with Gasteiger partial charge in [-0.25, -0.2) is 9.78 Å². The van der Waals surface area contributed by atoms with Crippen LogP contribution >= 0.6 is 22.9 Å². The summed E-state index contributed by atoms with van der Waals surface area (Å²) in [7, 11) is 0. The number of rotatable bonds is 6. The number of carbonyl (C=O) groups is 2. The van der Waals surface area contributed by atoms with Gasteiger partial charge in [-0.05, 0) is 25.1 Å². The highest BCUT2D eigenvalue weighted by Crippen LogP contribution is 2.27. The highest BCUT2D eigenvalue weighted by Gasteiger charge is 2.22. The monoisotopic (exact) mass is 432 g/mol. The van der Waals surface area contributed by atoms with Crippen LogP contribution < -0.4 is 5.32 Å². The molecule has 9 nitrogen and oxygen atoms in total. The number of carbonyl (C=O) groups excluding carboxylic acids is 2. The molecule has 1 atom stereocenters. The lowest BCUT2D eigenvalue weighted by Crippen LogP contribution is -2.30. The summed E-state index contributed by atoms with van der Waals surface area (Å²) in [5.74, 6) is -1.47. The molecule has 0 bridgehead atoms. The third-order valence-electron chi connectivity index (χ3n) is 3.67. The van der Waals surface area contributed by atoms with Gasteiger partial charge in [-0.2, -0.15) is 0 Å². The first-order chi connectivity index (χ1) is 13.8. The summed E-state index contributed by atoms with van der Waals surface area (Å²) in [5.41, 5.74) is 0.463. The molecule has 0 aliphatic heterocycles. The van der Waals surface area contributed by atoms with E-state index < -0.39 is 22.9 Å². The fourth-order valence-corrected chi connectivity index (χ4v) is 3.14. The van der Waals surface area contributed by atoms with Gasteiger partial charge >= 0.3 is 5.97 Å². The van der Waals surface area contributed by atoms with Crippen LogP contribution in [0.1, 0.15) is 17.4 Å². The molecule has 1 unspecified atom stereocenters. The molecule has 1 N–H and O–H groups in total. The maximum atomic E-state index is 12.3. The van der Waals surface area contributed by atoms with Crippen molar-refractivity contribution in [3.63, 3.8) is 0 Å². The first kappa shape index (κ1) is 20.4. The van der Waals surface area contributed by atoms with Crippen molar-refractivity contribution in [1.29, 1.82) is 0 Å². The Hall–Kier alpha value is -3.37. The number of anilines is 1. The van der Waals surface area contributed by atoms with Gasteiger partial charge in [-0.15, -0.1) is 11.3 Å². The summed E-state index contributed by atoms with van der Waals surface area (Å²) in [5, 5.41) is 15.4. The third-order valence-corrected chi connectivity index (χ3v) is 4.86. The van der Waals surface area contributed by atoms with Crippen LogP contribution in [0.2, 0.25) is 5.02 Å². The van der Waals surface area contributed by atoms with E-state index in [1.54, 1.807) is 24.4 Å². The molecule has 1 aromatic carbocycles. The number of aromatic nitrogens is 2. The number of benzene rings is 1. The number of hydrogen-bond acceptors (Lipinski definition) is 8. The third kappa shape index (κ3) is 4.92. The van der Waals surface area contributed by atoms with Crippen molar-refractivity contribution >= 4 is 46.2 Å². The normalized spacial score (nSPS) is 11.5.